The number of anilines is 1. The first-order valence-corrected chi connectivity index (χ1v) is 9.16. The average molecular weight is 364 g/mol. The highest BCUT2D eigenvalue weighted by molar-refractivity contribution is 5.81. The Kier molecular flexibility index (Phi) is 4.44. The minimum atomic E-state index is -0.214. The molecule has 1 saturated heterocycles. The number of hydrogen-bond donors (Lipinski definition) is 0. The normalized spacial score (nSPS) is 16.5. The molecule has 4 heterocycles. The first-order chi connectivity index (χ1) is 12.9. The molecule has 0 bridgehead atoms. The fraction of sp³-hybridized carbons (Fsp3) is 0.381. The van der Waals surface area contributed by atoms with Crippen LogP contribution in [0.4, 0.5) is 5.95 Å². The molecule has 0 N–H and O–H groups in total. The van der Waals surface area contributed by atoms with Crippen molar-refractivity contribution in [1.82, 2.24) is 15.0 Å². The van der Waals surface area contributed by atoms with Gasteiger partial charge < -0.3 is 14.1 Å². The van der Waals surface area contributed by atoms with Gasteiger partial charge in [-0.25, -0.2) is 9.97 Å². The lowest BCUT2D eigenvalue weighted by molar-refractivity contribution is -0.0281. The molecule has 6 heteroatoms. The second kappa shape index (κ2) is 6.78. The Hall–Kier alpha value is -2.73. The van der Waals surface area contributed by atoms with Crippen LogP contribution in [0, 0.1) is 13.8 Å². The van der Waals surface area contributed by atoms with Gasteiger partial charge in [-0.15, -0.1) is 0 Å². The molecule has 4 rings (SSSR count). The van der Waals surface area contributed by atoms with Crippen molar-refractivity contribution >= 4 is 5.95 Å². The Balaban J connectivity index is 1.82. The van der Waals surface area contributed by atoms with Gasteiger partial charge >= 0.3 is 0 Å². The maximum Gasteiger partial charge on any atom is 0.226 e. The first-order valence-electron chi connectivity index (χ1n) is 9.16. The fourth-order valence-corrected chi connectivity index (χ4v) is 3.47. The molecule has 0 saturated carbocycles. The monoisotopic (exact) mass is 364 g/mol. The van der Waals surface area contributed by atoms with E-state index in [1.807, 2.05) is 38.4 Å². The minimum absolute atomic E-state index is 0.214. The second-order valence-electron chi connectivity index (χ2n) is 7.54. The molecule has 1 aliphatic rings. The summed E-state index contributed by atoms with van der Waals surface area (Å²) in [6.45, 7) is 10.3. The second-order valence-corrected chi connectivity index (χ2v) is 7.54. The van der Waals surface area contributed by atoms with Gasteiger partial charge in [0.05, 0.1) is 24.2 Å². The summed E-state index contributed by atoms with van der Waals surface area (Å²) >= 11 is 0. The van der Waals surface area contributed by atoms with Gasteiger partial charge in [0.15, 0.2) is 0 Å². The molecule has 3 aromatic heterocycles. The summed E-state index contributed by atoms with van der Waals surface area (Å²) in [4.78, 5) is 16.1. The van der Waals surface area contributed by atoms with E-state index in [2.05, 4.69) is 34.8 Å². The van der Waals surface area contributed by atoms with Gasteiger partial charge in [0.2, 0.25) is 5.95 Å². The van der Waals surface area contributed by atoms with Gasteiger partial charge in [-0.2, -0.15) is 0 Å². The van der Waals surface area contributed by atoms with E-state index >= 15 is 0 Å². The predicted octanol–water partition coefficient (Wildman–Crippen LogP) is 4.03. The zero-order valence-corrected chi connectivity index (χ0v) is 16.2. The molecule has 0 amide bonds. The molecule has 27 heavy (non-hydrogen) atoms. The lowest BCUT2D eigenvalue weighted by Gasteiger charge is -2.38. The highest BCUT2D eigenvalue weighted by atomic mass is 16.5. The lowest BCUT2D eigenvalue weighted by atomic mass is 10.0. The van der Waals surface area contributed by atoms with Crippen LogP contribution >= 0.6 is 0 Å². The third-order valence-corrected chi connectivity index (χ3v) is 4.81. The number of aryl methyl sites for hydroxylation is 2. The van der Waals surface area contributed by atoms with Gasteiger partial charge in [-0.05, 0) is 51.5 Å². The van der Waals surface area contributed by atoms with Crippen LogP contribution in [-0.2, 0) is 4.74 Å². The molecule has 0 radical (unpaired) electrons. The van der Waals surface area contributed by atoms with Crippen LogP contribution in [0.2, 0.25) is 0 Å². The van der Waals surface area contributed by atoms with Crippen molar-refractivity contribution in [1.29, 1.82) is 0 Å². The van der Waals surface area contributed by atoms with Crippen LogP contribution in [0.1, 0.15) is 25.3 Å². The number of aromatic nitrogens is 3. The molecule has 3 aromatic rings. The molecule has 0 atom stereocenters. The van der Waals surface area contributed by atoms with Crippen molar-refractivity contribution in [2.45, 2.75) is 33.3 Å². The Morgan fingerprint density at radius 3 is 2.67 bits per heavy atom. The summed E-state index contributed by atoms with van der Waals surface area (Å²) in [6.07, 6.45) is 5.42. The lowest BCUT2D eigenvalue weighted by Crippen LogP contribution is -2.49. The van der Waals surface area contributed by atoms with Gasteiger partial charge in [0, 0.05) is 42.3 Å². The summed E-state index contributed by atoms with van der Waals surface area (Å²) in [5.41, 5.74) is 4.63. The number of pyridine rings is 1. The number of furan rings is 1. The molecule has 1 aliphatic heterocycles. The summed E-state index contributed by atoms with van der Waals surface area (Å²) in [5.74, 6) is 1.56. The SMILES string of the molecule is Cc1cc(-c2cnc(N3CCOC(C)(C)C3)nc2-c2ccoc2C)ccn1. The average Bonchev–Trinajstić information content (AvgIpc) is 3.06. The van der Waals surface area contributed by atoms with Crippen LogP contribution in [0.15, 0.2) is 41.3 Å². The number of ether oxygens (including phenoxy) is 1. The minimum Gasteiger partial charge on any atom is -0.469 e. The van der Waals surface area contributed by atoms with E-state index in [1.165, 1.54) is 0 Å². The molecule has 0 spiro atoms. The Morgan fingerprint density at radius 1 is 1.11 bits per heavy atom. The standard InChI is InChI=1S/C21H24N4O2/c1-14-11-16(5-7-22-14)18-12-23-20(25-8-10-27-21(3,4)13-25)24-19(18)17-6-9-26-15(17)2/h5-7,9,11-12H,8,10,13H2,1-4H3. The predicted molar refractivity (Wildman–Crippen MR) is 105 cm³/mol. The Labute approximate surface area is 159 Å². The molecular formula is C21H24N4O2. The van der Waals surface area contributed by atoms with E-state index in [9.17, 15) is 0 Å². The van der Waals surface area contributed by atoms with Gasteiger partial charge in [0.1, 0.15) is 5.76 Å². The van der Waals surface area contributed by atoms with E-state index < -0.39 is 0 Å². The maximum atomic E-state index is 5.83. The summed E-state index contributed by atoms with van der Waals surface area (Å²) in [5, 5.41) is 0. The highest BCUT2D eigenvalue weighted by Crippen LogP contribution is 2.34. The van der Waals surface area contributed by atoms with E-state index in [0.29, 0.717) is 6.61 Å². The van der Waals surface area contributed by atoms with E-state index in [1.54, 1.807) is 6.26 Å². The quantitative estimate of drug-likeness (QED) is 0.699. The van der Waals surface area contributed by atoms with Gasteiger partial charge in [-0.3, -0.25) is 4.98 Å². The van der Waals surface area contributed by atoms with Crippen LogP contribution in [-0.4, -0.2) is 40.2 Å². The van der Waals surface area contributed by atoms with Crippen molar-refractivity contribution < 1.29 is 9.15 Å². The van der Waals surface area contributed by atoms with Crippen molar-refractivity contribution in [2.24, 2.45) is 0 Å². The van der Waals surface area contributed by atoms with Crippen molar-refractivity contribution in [2.75, 3.05) is 24.6 Å². The molecule has 0 aromatic carbocycles. The zero-order valence-electron chi connectivity index (χ0n) is 16.2. The van der Waals surface area contributed by atoms with E-state index in [-0.39, 0.29) is 5.60 Å². The van der Waals surface area contributed by atoms with Crippen molar-refractivity contribution in [3.63, 3.8) is 0 Å². The fourth-order valence-electron chi connectivity index (χ4n) is 3.47. The van der Waals surface area contributed by atoms with Gasteiger partial charge in [0.25, 0.3) is 0 Å². The molecule has 0 unspecified atom stereocenters. The summed E-state index contributed by atoms with van der Waals surface area (Å²) in [7, 11) is 0. The smallest absolute Gasteiger partial charge is 0.226 e. The van der Waals surface area contributed by atoms with Crippen LogP contribution in [0.25, 0.3) is 22.4 Å². The topological polar surface area (TPSA) is 64.3 Å². The highest BCUT2D eigenvalue weighted by Gasteiger charge is 2.29. The van der Waals surface area contributed by atoms with Crippen LogP contribution in [0.5, 0.6) is 0 Å². The Bertz CT molecular complexity index is 964. The maximum absolute atomic E-state index is 5.83. The summed E-state index contributed by atoms with van der Waals surface area (Å²) < 4.78 is 11.4. The molecule has 0 aliphatic carbocycles. The first kappa shape index (κ1) is 17.7. The van der Waals surface area contributed by atoms with E-state index in [4.69, 9.17) is 14.1 Å². The molecule has 1 fully saturated rings. The summed E-state index contributed by atoms with van der Waals surface area (Å²) in [6, 6.07) is 6.00. The number of hydrogen-bond acceptors (Lipinski definition) is 6. The van der Waals surface area contributed by atoms with Crippen molar-refractivity contribution in [3.05, 3.63) is 48.3 Å². The van der Waals surface area contributed by atoms with Crippen LogP contribution < -0.4 is 4.90 Å². The van der Waals surface area contributed by atoms with E-state index in [0.717, 1.165) is 52.9 Å². The molecule has 140 valence electrons. The zero-order chi connectivity index (χ0) is 19.0. The number of morpholine rings is 1. The van der Waals surface area contributed by atoms with Gasteiger partial charge in [-0.1, -0.05) is 0 Å². The van der Waals surface area contributed by atoms with Crippen LogP contribution in [0.3, 0.4) is 0 Å². The molecule has 6 nitrogen and oxygen atoms in total. The number of nitrogens with zero attached hydrogens (tertiary/aromatic N) is 4. The largest absolute Gasteiger partial charge is 0.469 e. The Morgan fingerprint density at radius 2 is 1.96 bits per heavy atom. The third-order valence-electron chi connectivity index (χ3n) is 4.81. The third kappa shape index (κ3) is 3.57. The van der Waals surface area contributed by atoms with Crippen molar-refractivity contribution in [3.8, 4) is 22.4 Å². The number of rotatable bonds is 3. The molecular weight excluding hydrogens is 340 g/mol.